The van der Waals surface area contributed by atoms with Crippen molar-refractivity contribution in [1.29, 1.82) is 0 Å². The molecule has 2 aromatic rings. The molecule has 2 aliphatic rings. The van der Waals surface area contributed by atoms with Gasteiger partial charge in [0, 0.05) is 24.6 Å². The van der Waals surface area contributed by atoms with Crippen LogP contribution in [-0.2, 0) is 9.59 Å². The fourth-order valence-corrected chi connectivity index (χ4v) is 5.84. The normalized spacial score (nSPS) is 18.0. The fourth-order valence-electron chi connectivity index (χ4n) is 4.02. The second-order valence-electron chi connectivity index (χ2n) is 7.84. The van der Waals surface area contributed by atoms with Crippen molar-refractivity contribution < 1.29 is 19.1 Å². The lowest BCUT2D eigenvalue weighted by molar-refractivity contribution is -0.129. The molecule has 1 unspecified atom stereocenters. The molecule has 0 spiro atoms. The van der Waals surface area contributed by atoms with Gasteiger partial charge in [-0.15, -0.1) is 10.2 Å². The van der Waals surface area contributed by atoms with Crippen LogP contribution in [0.25, 0.3) is 0 Å². The zero-order valence-electron chi connectivity index (χ0n) is 18.6. The molecule has 0 N–H and O–H groups in total. The Bertz CT molecular complexity index is 979. The van der Waals surface area contributed by atoms with Crippen LogP contribution in [0.3, 0.4) is 0 Å². The van der Waals surface area contributed by atoms with E-state index in [9.17, 15) is 9.59 Å². The van der Waals surface area contributed by atoms with Crippen molar-refractivity contribution in [3.8, 4) is 11.5 Å². The molecular formula is C22H28N4O4S2. The largest absolute Gasteiger partial charge is 0.497 e. The molecule has 1 atom stereocenters. The van der Waals surface area contributed by atoms with Crippen LogP contribution in [0, 0.1) is 0 Å². The smallest absolute Gasteiger partial charge is 0.233 e. The first-order valence-electron chi connectivity index (χ1n) is 10.9. The first-order valence-corrected chi connectivity index (χ1v) is 12.7. The van der Waals surface area contributed by atoms with E-state index in [4.69, 9.17) is 9.47 Å². The Kier molecular flexibility index (Phi) is 7.20. The second-order valence-corrected chi connectivity index (χ2v) is 10.0. The van der Waals surface area contributed by atoms with E-state index >= 15 is 0 Å². The van der Waals surface area contributed by atoms with Crippen LogP contribution in [0.5, 0.6) is 11.5 Å². The molecule has 2 heterocycles. The predicted molar refractivity (Wildman–Crippen MR) is 125 cm³/mol. The third-order valence-electron chi connectivity index (χ3n) is 5.77. The minimum atomic E-state index is -0.0364. The topological polar surface area (TPSA) is 84.9 Å². The molecule has 1 aromatic heterocycles. The van der Waals surface area contributed by atoms with E-state index in [1.165, 1.54) is 23.1 Å². The van der Waals surface area contributed by atoms with Gasteiger partial charge < -0.3 is 14.4 Å². The maximum Gasteiger partial charge on any atom is 0.233 e. The van der Waals surface area contributed by atoms with Crippen LogP contribution in [-0.4, -0.2) is 59.5 Å². The van der Waals surface area contributed by atoms with E-state index in [0.29, 0.717) is 22.4 Å². The molecule has 2 amide bonds. The van der Waals surface area contributed by atoms with Crippen molar-refractivity contribution in [2.24, 2.45) is 0 Å². The number of carbonyl (C=O) groups is 2. The number of methoxy groups -OCH3 is 2. The average molecular weight is 477 g/mol. The van der Waals surface area contributed by atoms with Crippen molar-refractivity contribution >= 4 is 40.0 Å². The molecule has 32 heavy (non-hydrogen) atoms. The number of likely N-dealkylation sites (tertiary alicyclic amines) is 1. The summed E-state index contributed by atoms with van der Waals surface area (Å²) in [6.45, 7) is 2.57. The quantitative estimate of drug-likeness (QED) is 0.401. The van der Waals surface area contributed by atoms with Gasteiger partial charge in [-0.2, -0.15) is 0 Å². The van der Waals surface area contributed by atoms with E-state index in [1.807, 2.05) is 30.0 Å². The molecule has 1 aromatic carbocycles. The van der Waals surface area contributed by atoms with Crippen molar-refractivity contribution in [1.82, 2.24) is 15.1 Å². The van der Waals surface area contributed by atoms with Crippen molar-refractivity contribution in [2.75, 3.05) is 31.4 Å². The zero-order chi connectivity index (χ0) is 22.7. The summed E-state index contributed by atoms with van der Waals surface area (Å²) in [6, 6.07) is 5.91. The van der Waals surface area contributed by atoms with E-state index in [0.717, 1.165) is 42.7 Å². The second kappa shape index (κ2) is 10.1. The Morgan fingerprint density at radius 2 is 2.03 bits per heavy atom. The van der Waals surface area contributed by atoms with Crippen molar-refractivity contribution in [3.63, 3.8) is 0 Å². The number of thioether (sulfide) groups is 1. The number of hydrogen-bond acceptors (Lipinski definition) is 8. The number of nitrogens with zero attached hydrogens (tertiary/aromatic N) is 4. The summed E-state index contributed by atoms with van der Waals surface area (Å²) >= 11 is 2.76. The van der Waals surface area contributed by atoms with Gasteiger partial charge in [-0.3, -0.25) is 14.5 Å². The standard InChI is InChI=1S/C22H28N4O4S2/c1-4-19(27)26(14-7-8-14)21-23-24-22(32-21)31-13-20(28)25-11-5-6-17(25)16-12-15(29-2)9-10-18(16)30-3/h9-10,12,14,17H,4-8,11,13H2,1-3H3. The highest BCUT2D eigenvalue weighted by atomic mass is 32.2. The number of hydrogen-bond donors (Lipinski definition) is 0. The van der Waals surface area contributed by atoms with E-state index in [2.05, 4.69) is 10.2 Å². The number of anilines is 1. The van der Waals surface area contributed by atoms with Gasteiger partial charge in [-0.1, -0.05) is 30.0 Å². The van der Waals surface area contributed by atoms with Gasteiger partial charge in [0.2, 0.25) is 16.9 Å². The molecule has 172 valence electrons. The Labute approximate surface area is 196 Å². The number of benzene rings is 1. The summed E-state index contributed by atoms with van der Waals surface area (Å²) < 4.78 is 11.6. The van der Waals surface area contributed by atoms with Gasteiger partial charge >= 0.3 is 0 Å². The fraction of sp³-hybridized carbons (Fsp3) is 0.545. The van der Waals surface area contributed by atoms with Crippen LogP contribution >= 0.6 is 23.1 Å². The minimum absolute atomic E-state index is 0.0364. The molecule has 0 bridgehead atoms. The Morgan fingerprint density at radius 1 is 1.22 bits per heavy atom. The van der Waals surface area contributed by atoms with Gasteiger partial charge in [0.05, 0.1) is 26.0 Å². The molecule has 1 aliphatic heterocycles. The molecule has 2 fully saturated rings. The monoisotopic (exact) mass is 476 g/mol. The molecule has 10 heteroatoms. The lowest BCUT2D eigenvalue weighted by Crippen LogP contribution is -2.32. The Balaban J connectivity index is 1.42. The molecule has 1 aliphatic carbocycles. The van der Waals surface area contributed by atoms with E-state index in [1.54, 1.807) is 19.1 Å². The molecule has 1 saturated carbocycles. The maximum absolute atomic E-state index is 13.1. The Hall–Kier alpha value is -2.33. The lowest BCUT2D eigenvalue weighted by Gasteiger charge is -2.26. The highest BCUT2D eigenvalue weighted by Crippen LogP contribution is 2.40. The van der Waals surface area contributed by atoms with Gasteiger partial charge in [0.1, 0.15) is 11.5 Å². The third-order valence-corrected chi connectivity index (χ3v) is 7.81. The average Bonchev–Trinajstić information content (AvgIpc) is 3.33. The summed E-state index contributed by atoms with van der Waals surface area (Å²) in [5, 5.41) is 9.08. The van der Waals surface area contributed by atoms with Crippen LogP contribution in [0.4, 0.5) is 5.13 Å². The van der Waals surface area contributed by atoms with Gasteiger partial charge in [0.15, 0.2) is 4.34 Å². The van der Waals surface area contributed by atoms with Crippen LogP contribution < -0.4 is 14.4 Å². The molecule has 4 rings (SSSR count). The van der Waals surface area contributed by atoms with E-state index in [-0.39, 0.29) is 29.7 Å². The molecule has 0 radical (unpaired) electrons. The molecular weight excluding hydrogens is 448 g/mol. The van der Waals surface area contributed by atoms with Crippen molar-refractivity contribution in [3.05, 3.63) is 23.8 Å². The van der Waals surface area contributed by atoms with Gasteiger partial charge in [-0.05, 0) is 43.9 Å². The highest BCUT2D eigenvalue weighted by molar-refractivity contribution is 8.01. The van der Waals surface area contributed by atoms with Crippen molar-refractivity contribution in [2.45, 2.75) is 55.5 Å². The SMILES string of the molecule is CCC(=O)N(c1nnc(SCC(=O)N2CCCC2c2cc(OC)ccc2OC)s1)C1CC1. The van der Waals surface area contributed by atoms with Crippen LogP contribution in [0.1, 0.15) is 50.6 Å². The number of ether oxygens (including phenoxy) is 2. The first kappa shape index (κ1) is 22.8. The number of carbonyl (C=O) groups excluding carboxylic acids is 2. The summed E-state index contributed by atoms with van der Waals surface area (Å²) in [6.07, 6.45) is 4.30. The summed E-state index contributed by atoms with van der Waals surface area (Å²) in [4.78, 5) is 29.1. The Morgan fingerprint density at radius 3 is 2.72 bits per heavy atom. The van der Waals surface area contributed by atoms with Gasteiger partial charge in [-0.25, -0.2) is 0 Å². The number of aromatic nitrogens is 2. The highest BCUT2D eigenvalue weighted by Gasteiger charge is 2.35. The van der Waals surface area contributed by atoms with E-state index < -0.39 is 0 Å². The number of rotatable bonds is 9. The van der Waals surface area contributed by atoms with Crippen LogP contribution in [0.15, 0.2) is 22.5 Å². The summed E-state index contributed by atoms with van der Waals surface area (Å²) in [7, 11) is 3.28. The first-order chi connectivity index (χ1) is 15.5. The minimum Gasteiger partial charge on any atom is -0.497 e. The third kappa shape index (κ3) is 4.85. The molecule has 8 nitrogen and oxygen atoms in total. The number of amides is 2. The summed E-state index contributed by atoms with van der Waals surface area (Å²) in [5.41, 5.74) is 0.971. The van der Waals surface area contributed by atoms with Gasteiger partial charge in [0.25, 0.3) is 0 Å². The maximum atomic E-state index is 13.1. The molecule has 1 saturated heterocycles. The lowest BCUT2D eigenvalue weighted by atomic mass is 10.0. The van der Waals surface area contributed by atoms with Crippen LogP contribution in [0.2, 0.25) is 0 Å². The zero-order valence-corrected chi connectivity index (χ0v) is 20.2. The summed E-state index contributed by atoms with van der Waals surface area (Å²) in [5.74, 6) is 1.92. The predicted octanol–water partition coefficient (Wildman–Crippen LogP) is 3.92.